The molecule has 0 atom stereocenters. The second-order valence-corrected chi connectivity index (χ2v) is 6.12. The van der Waals surface area contributed by atoms with Crippen molar-refractivity contribution >= 4 is 0 Å². The van der Waals surface area contributed by atoms with Gasteiger partial charge >= 0.3 is 0 Å². The minimum absolute atomic E-state index is 0.637. The van der Waals surface area contributed by atoms with E-state index in [1.165, 1.54) is 70.9 Å². The predicted octanol–water partition coefficient (Wildman–Crippen LogP) is 4.76. The highest BCUT2D eigenvalue weighted by molar-refractivity contribution is 4.86. The van der Waals surface area contributed by atoms with E-state index in [-0.39, 0.29) is 0 Å². The van der Waals surface area contributed by atoms with E-state index in [4.69, 9.17) is 0 Å². The third kappa shape index (κ3) is 4.99. The summed E-state index contributed by atoms with van der Waals surface area (Å²) in [4.78, 5) is 0. The quantitative estimate of drug-likeness (QED) is 0.602. The van der Waals surface area contributed by atoms with Crippen molar-refractivity contribution in [3.05, 3.63) is 0 Å². The Morgan fingerprint density at radius 2 is 1.76 bits per heavy atom. The molecule has 17 heavy (non-hydrogen) atoms. The lowest BCUT2D eigenvalue weighted by molar-refractivity contribution is 0.134. The van der Waals surface area contributed by atoms with Crippen molar-refractivity contribution in [2.75, 3.05) is 13.1 Å². The molecule has 0 spiro atoms. The van der Waals surface area contributed by atoms with E-state index in [0.717, 1.165) is 5.92 Å². The predicted molar refractivity (Wildman–Crippen MR) is 77.4 cm³/mol. The van der Waals surface area contributed by atoms with Crippen LogP contribution in [-0.2, 0) is 0 Å². The van der Waals surface area contributed by atoms with Crippen LogP contribution in [0.15, 0.2) is 0 Å². The maximum Gasteiger partial charge on any atom is 0.000770 e. The molecule has 0 aromatic carbocycles. The van der Waals surface area contributed by atoms with Gasteiger partial charge in [0, 0.05) is 6.54 Å². The Morgan fingerprint density at radius 3 is 2.29 bits per heavy atom. The van der Waals surface area contributed by atoms with Crippen LogP contribution in [0.25, 0.3) is 0 Å². The van der Waals surface area contributed by atoms with Gasteiger partial charge in [0.15, 0.2) is 0 Å². The zero-order chi connectivity index (χ0) is 12.6. The molecule has 0 amide bonds. The second kappa shape index (κ2) is 8.13. The number of hydrogen-bond donors (Lipinski definition) is 1. The molecule has 0 radical (unpaired) electrons. The van der Waals surface area contributed by atoms with E-state index < -0.39 is 0 Å². The Kier molecular flexibility index (Phi) is 7.18. The summed E-state index contributed by atoms with van der Waals surface area (Å²) in [6.07, 6.45) is 12.8. The monoisotopic (exact) mass is 239 g/mol. The smallest absolute Gasteiger partial charge is 0.000770 e. The molecule has 102 valence electrons. The van der Waals surface area contributed by atoms with Gasteiger partial charge in [0.25, 0.3) is 0 Å². The van der Waals surface area contributed by atoms with Crippen molar-refractivity contribution in [1.82, 2.24) is 5.32 Å². The molecule has 0 aliphatic heterocycles. The first-order valence-electron chi connectivity index (χ1n) is 7.97. The molecule has 0 unspecified atom stereocenters. The third-order valence-electron chi connectivity index (χ3n) is 4.81. The highest BCUT2D eigenvalue weighted by Crippen LogP contribution is 2.42. The first-order valence-corrected chi connectivity index (χ1v) is 7.97. The van der Waals surface area contributed by atoms with Gasteiger partial charge in [-0.15, -0.1) is 0 Å². The van der Waals surface area contributed by atoms with Crippen molar-refractivity contribution in [3.63, 3.8) is 0 Å². The molecular formula is C16H33N. The van der Waals surface area contributed by atoms with Crippen LogP contribution >= 0.6 is 0 Å². The molecule has 0 heterocycles. The summed E-state index contributed by atoms with van der Waals surface area (Å²) in [7, 11) is 0. The number of nitrogens with one attached hydrogen (secondary N) is 1. The number of rotatable bonds is 8. The van der Waals surface area contributed by atoms with Gasteiger partial charge in [-0.3, -0.25) is 0 Å². The lowest BCUT2D eigenvalue weighted by Crippen LogP contribution is -2.37. The summed E-state index contributed by atoms with van der Waals surface area (Å²) in [6.45, 7) is 9.42. The van der Waals surface area contributed by atoms with E-state index in [2.05, 4.69) is 26.1 Å². The fourth-order valence-corrected chi connectivity index (χ4v) is 3.26. The standard InChI is InChI=1S/C16H33N/c1-4-7-8-15-9-11-16(6-3,12-10-15)14-17-13-5-2/h15,17H,4-14H2,1-3H3. The average molecular weight is 239 g/mol. The molecule has 1 N–H and O–H groups in total. The van der Waals surface area contributed by atoms with Crippen molar-refractivity contribution in [3.8, 4) is 0 Å². The van der Waals surface area contributed by atoms with Crippen LogP contribution in [-0.4, -0.2) is 13.1 Å². The van der Waals surface area contributed by atoms with Gasteiger partial charge in [-0.1, -0.05) is 40.0 Å². The van der Waals surface area contributed by atoms with Crippen LogP contribution in [0.4, 0.5) is 0 Å². The zero-order valence-electron chi connectivity index (χ0n) is 12.4. The molecule has 1 rings (SSSR count). The Balaban J connectivity index is 2.29. The Labute approximate surface area is 109 Å². The average Bonchev–Trinajstić information content (AvgIpc) is 2.38. The van der Waals surface area contributed by atoms with E-state index in [1.807, 2.05) is 0 Å². The lowest BCUT2D eigenvalue weighted by atomic mass is 9.68. The lowest BCUT2D eigenvalue weighted by Gasteiger charge is -2.40. The number of unbranched alkanes of at least 4 members (excludes halogenated alkanes) is 1. The highest BCUT2D eigenvalue weighted by atomic mass is 14.9. The van der Waals surface area contributed by atoms with Crippen LogP contribution in [0.3, 0.4) is 0 Å². The maximum atomic E-state index is 3.65. The molecule has 0 bridgehead atoms. The highest BCUT2D eigenvalue weighted by Gasteiger charge is 2.32. The summed E-state index contributed by atoms with van der Waals surface area (Å²) in [5.41, 5.74) is 0.637. The van der Waals surface area contributed by atoms with Gasteiger partial charge in [0.1, 0.15) is 0 Å². The first kappa shape index (κ1) is 15.0. The van der Waals surface area contributed by atoms with Gasteiger partial charge < -0.3 is 5.32 Å². The molecule has 0 aromatic rings. The van der Waals surface area contributed by atoms with Crippen molar-refractivity contribution in [2.24, 2.45) is 11.3 Å². The van der Waals surface area contributed by atoms with Gasteiger partial charge in [0.05, 0.1) is 0 Å². The molecule has 1 nitrogen and oxygen atoms in total. The molecule has 1 fully saturated rings. The zero-order valence-corrected chi connectivity index (χ0v) is 12.4. The Morgan fingerprint density at radius 1 is 1.06 bits per heavy atom. The fraction of sp³-hybridized carbons (Fsp3) is 1.00. The van der Waals surface area contributed by atoms with Crippen molar-refractivity contribution < 1.29 is 0 Å². The molecule has 0 aromatic heterocycles. The normalized spacial score (nSPS) is 29.5. The van der Waals surface area contributed by atoms with E-state index in [9.17, 15) is 0 Å². The molecule has 1 aliphatic rings. The minimum atomic E-state index is 0.637. The topological polar surface area (TPSA) is 12.0 Å². The molecule has 1 saturated carbocycles. The summed E-state index contributed by atoms with van der Waals surface area (Å²) < 4.78 is 0. The molecule has 1 heteroatoms. The van der Waals surface area contributed by atoms with Gasteiger partial charge in [-0.2, -0.15) is 0 Å². The maximum absolute atomic E-state index is 3.65. The van der Waals surface area contributed by atoms with Crippen LogP contribution in [0.1, 0.15) is 78.6 Å². The SMILES string of the molecule is CCCCC1CCC(CC)(CNCCC)CC1. The summed E-state index contributed by atoms with van der Waals surface area (Å²) in [5, 5.41) is 3.65. The van der Waals surface area contributed by atoms with Gasteiger partial charge in [-0.25, -0.2) is 0 Å². The van der Waals surface area contributed by atoms with Crippen molar-refractivity contribution in [2.45, 2.75) is 78.6 Å². The molecule has 1 aliphatic carbocycles. The van der Waals surface area contributed by atoms with Gasteiger partial charge in [0.2, 0.25) is 0 Å². The first-order chi connectivity index (χ1) is 8.26. The summed E-state index contributed by atoms with van der Waals surface area (Å²) >= 11 is 0. The molecular weight excluding hydrogens is 206 g/mol. The van der Waals surface area contributed by atoms with Crippen LogP contribution in [0.2, 0.25) is 0 Å². The Bertz CT molecular complexity index is 180. The van der Waals surface area contributed by atoms with E-state index in [0.29, 0.717) is 5.41 Å². The van der Waals surface area contributed by atoms with Crippen LogP contribution in [0, 0.1) is 11.3 Å². The molecule has 0 saturated heterocycles. The largest absolute Gasteiger partial charge is 0.316 e. The third-order valence-corrected chi connectivity index (χ3v) is 4.81. The van der Waals surface area contributed by atoms with Gasteiger partial charge in [-0.05, 0) is 56.4 Å². The summed E-state index contributed by atoms with van der Waals surface area (Å²) in [6, 6.07) is 0. The van der Waals surface area contributed by atoms with E-state index >= 15 is 0 Å². The van der Waals surface area contributed by atoms with Crippen LogP contribution in [0.5, 0.6) is 0 Å². The number of hydrogen-bond acceptors (Lipinski definition) is 1. The van der Waals surface area contributed by atoms with Crippen molar-refractivity contribution in [1.29, 1.82) is 0 Å². The van der Waals surface area contributed by atoms with E-state index in [1.54, 1.807) is 0 Å². The summed E-state index contributed by atoms with van der Waals surface area (Å²) in [5.74, 6) is 1.04. The Hall–Kier alpha value is -0.0400. The van der Waals surface area contributed by atoms with Crippen LogP contribution < -0.4 is 5.32 Å². The minimum Gasteiger partial charge on any atom is -0.316 e. The second-order valence-electron chi connectivity index (χ2n) is 6.12. The fourth-order valence-electron chi connectivity index (χ4n) is 3.26.